The highest BCUT2D eigenvalue weighted by Gasteiger charge is 2.30. The molecule has 0 atom stereocenters. The highest BCUT2D eigenvalue weighted by atomic mass is 19.1. The third-order valence-corrected chi connectivity index (χ3v) is 6.53. The third kappa shape index (κ3) is 4.87. The minimum atomic E-state index is -0.636. The second kappa shape index (κ2) is 9.45. The predicted octanol–water partition coefficient (Wildman–Crippen LogP) is 1.84. The number of halogens is 1. The highest BCUT2D eigenvalue weighted by molar-refractivity contribution is 6.03. The molecule has 1 aliphatic heterocycles. The van der Waals surface area contributed by atoms with Crippen molar-refractivity contribution in [2.45, 2.75) is 50.7 Å². The van der Waals surface area contributed by atoms with Crippen molar-refractivity contribution in [2.75, 3.05) is 29.0 Å². The summed E-state index contributed by atoms with van der Waals surface area (Å²) in [5.41, 5.74) is 7.37. The average molecular weight is 482 g/mol. The molecular weight excluding hydrogens is 453 g/mol. The second-order valence-corrected chi connectivity index (χ2v) is 9.15. The number of nitrogens with one attached hydrogen (secondary N) is 3. The topological polar surface area (TPSA) is 143 Å². The SMILES string of the molecule is CC(=O)N1CC(Nc2cc(NC3CCC(N)CC3)nn3c(C(=O)Nc4ccncc4F)cnc23)C1. The first kappa shape index (κ1) is 23.0. The van der Waals surface area contributed by atoms with Crippen LogP contribution in [0.2, 0.25) is 0 Å². The number of hydrogen-bond donors (Lipinski definition) is 4. The van der Waals surface area contributed by atoms with Gasteiger partial charge in [0, 0.05) is 44.4 Å². The summed E-state index contributed by atoms with van der Waals surface area (Å²) in [6.07, 6.45) is 7.57. The Balaban J connectivity index is 1.44. The zero-order valence-corrected chi connectivity index (χ0v) is 19.4. The first-order valence-electron chi connectivity index (χ1n) is 11.7. The Bertz CT molecular complexity index is 1250. The molecule has 35 heavy (non-hydrogen) atoms. The maximum absolute atomic E-state index is 14.0. The lowest BCUT2D eigenvalue weighted by atomic mass is 9.92. The van der Waals surface area contributed by atoms with Crippen LogP contribution < -0.4 is 21.7 Å². The smallest absolute Gasteiger partial charge is 0.276 e. The Morgan fingerprint density at radius 3 is 2.57 bits per heavy atom. The number of anilines is 3. The summed E-state index contributed by atoms with van der Waals surface area (Å²) in [5, 5.41) is 14.1. The molecule has 0 bridgehead atoms. The van der Waals surface area contributed by atoms with Gasteiger partial charge >= 0.3 is 0 Å². The van der Waals surface area contributed by atoms with E-state index in [1.54, 1.807) is 11.8 Å². The van der Waals surface area contributed by atoms with Crippen molar-refractivity contribution < 1.29 is 14.0 Å². The first-order chi connectivity index (χ1) is 16.9. The molecule has 1 aliphatic carbocycles. The minimum absolute atomic E-state index is 0.0184. The van der Waals surface area contributed by atoms with E-state index < -0.39 is 11.7 Å². The summed E-state index contributed by atoms with van der Waals surface area (Å²) in [6, 6.07) is 3.76. The number of nitrogens with two attached hydrogens (primary N) is 1. The monoisotopic (exact) mass is 481 g/mol. The van der Waals surface area contributed by atoms with Crippen LogP contribution in [0.1, 0.15) is 43.1 Å². The van der Waals surface area contributed by atoms with E-state index in [0.29, 0.717) is 30.2 Å². The van der Waals surface area contributed by atoms with Gasteiger partial charge in [-0.05, 0) is 31.7 Å². The molecule has 1 saturated carbocycles. The van der Waals surface area contributed by atoms with Gasteiger partial charge in [0.05, 0.1) is 29.8 Å². The van der Waals surface area contributed by atoms with Crippen molar-refractivity contribution >= 4 is 34.7 Å². The van der Waals surface area contributed by atoms with Gasteiger partial charge in [0.15, 0.2) is 17.2 Å². The lowest BCUT2D eigenvalue weighted by Gasteiger charge is -2.39. The largest absolute Gasteiger partial charge is 0.376 e. The van der Waals surface area contributed by atoms with Gasteiger partial charge in [0.2, 0.25) is 5.91 Å². The van der Waals surface area contributed by atoms with E-state index >= 15 is 0 Å². The molecule has 2 aliphatic rings. The summed E-state index contributed by atoms with van der Waals surface area (Å²) in [7, 11) is 0. The van der Waals surface area contributed by atoms with Crippen molar-refractivity contribution in [3.63, 3.8) is 0 Å². The van der Waals surface area contributed by atoms with Crippen molar-refractivity contribution in [3.05, 3.63) is 42.2 Å². The van der Waals surface area contributed by atoms with Gasteiger partial charge in [-0.1, -0.05) is 0 Å². The Kier molecular flexibility index (Phi) is 6.20. The van der Waals surface area contributed by atoms with Gasteiger partial charge in [0.25, 0.3) is 5.91 Å². The molecule has 0 radical (unpaired) electrons. The summed E-state index contributed by atoms with van der Waals surface area (Å²) in [4.78, 5) is 34.4. The van der Waals surface area contributed by atoms with E-state index in [-0.39, 0.29) is 35.4 Å². The average Bonchev–Trinajstić information content (AvgIpc) is 3.23. The van der Waals surface area contributed by atoms with Gasteiger partial charge in [-0.25, -0.2) is 13.9 Å². The molecule has 5 N–H and O–H groups in total. The fourth-order valence-corrected chi connectivity index (χ4v) is 4.48. The molecule has 12 heteroatoms. The van der Waals surface area contributed by atoms with Crippen LogP contribution in [0.3, 0.4) is 0 Å². The predicted molar refractivity (Wildman–Crippen MR) is 129 cm³/mol. The van der Waals surface area contributed by atoms with Crippen LogP contribution in [-0.4, -0.2) is 67.5 Å². The summed E-state index contributed by atoms with van der Waals surface area (Å²) in [6.45, 7) is 2.72. The number of likely N-dealkylation sites (tertiary alicyclic amines) is 1. The van der Waals surface area contributed by atoms with Crippen LogP contribution in [-0.2, 0) is 4.79 Å². The fraction of sp³-hybridized carbons (Fsp3) is 0.435. The van der Waals surface area contributed by atoms with Gasteiger partial charge in [-0.2, -0.15) is 0 Å². The van der Waals surface area contributed by atoms with Crippen molar-refractivity contribution in [1.82, 2.24) is 24.5 Å². The molecule has 0 unspecified atom stereocenters. The van der Waals surface area contributed by atoms with Crippen LogP contribution in [0, 0.1) is 5.82 Å². The normalized spacial score (nSPS) is 20.4. The molecule has 3 aromatic rings. The summed E-state index contributed by atoms with van der Waals surface area (Å²) >= 11 is 0. The Morgan fingerprint density at radius 1 is 1.09 bits per heavy atom. The summed E-state index contributed by atoms with van der Waals surface area (Å²) in [5.74, 6) is -0.564. The number of fused-ring (bicyclic) bond motifs is 1. The van der Waals surface area contributed by atoms with Gasteiger partial charge in [-0.3, -0.25) is 14.6 Å². The van der Waals surface area contributed by atoms with Crippen LogP contribution >= 0.6 is 0 Å². The molecule has 5 rings (SSSR count). The fourth-order valence-electron chi connectivity index (χ4n) is 4.48. The number of hydrogen-bond acceptors (Lipinski definition) is 8. The number of pyridine rings is 1. The molecule has 3 aromatic heterocycles. The van der Waals surface area contributed by atoms with Crippen LogP contribution in [0.5, 0.6) is 0 Å². The van der Waals surface area contributed by atoms with Crippen molar-refractivity contribution in [1.29, 1.82) is 0 Å². The number of rotatable bonds is 6. The molecule has 2 fully saturated rings. The number of imidazole rings is 1. The molecule has 0 aromatic carbocycles. The standard InChI is InChI=1S/C23H28FN9O2/c1-13(34)32-11-16(12-32)28-19-8-21(29-15-4-2-14(25)3-5-15)31-33-20(10-27-22(19)33)23(35)30-18-6-7-26-9-17(18)24/h6-10,14-16,28H,2-5,11-12,25H2,1H3,(H,29,31)(H,26,30,35). The van der Waals surface area contributed by atoms with Gasteiger partial charge in [0.1, 0.15) is 5.82 Å². The molecule has 184 valence electrons. The number of carbonyl (C=O) groups excluding carboxylic acids is 2. The van der Waals surface area contributed by atoms with Gasteiger partial charge in [-0.15, -0.1) is 5.10 Å². The van der Waals surface area contributed by atoms with E-state index in [9.17, 15) is 14.0 Å². The second-order valence-electron chi connectivity index (χ2n) is 9.15. The Hall–Kier alpha value is -3.80. The number of nitrogens with zero attached hydrogens (tertiary/aromatic N) is 5. The van der Waals surface area contributed by atoms with Crippen molar-refractivity contribution in [3.8, 4) is 0 Å². The van der Waals surface area contributed by atoms with E-state index in [2.05, 4.69) is 31.0 Å². The maximum Gasteiger partial charge on any atom is 0.276 e. The highest BCUT2D eigenvalue weighted by Crippen LogP contribution is 2.26. The van der Waals surface area contributed by atoms with E-state index in [1.807, 2.05) is 6.07 Å². The molecule has 4 heterocycles. The van der Waals surface area contributed by atoms with Crippen LogP contribution in [0.4, 0.5) is 21.6 Å². The number of aromatic nitrogens is 4. The summed E-state index contributed by atoms with van der Waals surface area (Å²) < 4.78 is 15.5. The van der Waals surface area contributed by atoms with Crippen molar-refractivity contribution in [2.24, 2.45) is 5.73 Å². The Labute approximate surface area is 201 Å². The molecular formula is C23H28FN9O2. The zero-order chi connectivity index (χ0) is 24.5. The first-order valence-corrected chi connectivity index (χ1v) is 11.7. The number of carbonyl (C=O) groups is 2. The minimum Gasteiger partial charge on any atom is -0.376 e. The lowest BCUT2D eigenvalue weighted by molar-refractivity contribution is -0.132. The Morgan fingerprint density at radius 2 is 1.86 bits per heavy atom. The molecule has 1 saturated heterocycles. The van der Waals surface area contributed by atoms with E-state index in [4.69, 9.17) is 5.73 Å². The molecule has 2 amide bonds. The third-order valence-electron chi connectivity index (χ3n) is 6.53. The van der Waals surface area contributed by atoms with E-state index in [0.717, 1.165) is 31.9 Å². The van der Waals surface area contributed by atoms with Gasteiger partial charge < -0.3 is 26.6 Å². The maximum atomic E-state index is 14.0. The zero-order valence-electron chi connectivity index (χ0n) is 19.4. The molecule has 11 nitrogen and oxygen atoms in total. The molecule has 0 spiro atoms. The van der Waals surface area contributed by atoms with Crippen LogP contribution in [0.25, 0.3) is 5.65 Å². The van der Waals surface area contributed by atoms with E-state index in [1.165, 1.54) is 23.0 Å². The quantitative estimate of drug-likeness (QED) is 0.418. The number of amides is 2. The lowest BCUT2D eigenvalue weighted by Crippen LogP contribution is -2.56. The van der Waals surface area contributed by atoms with Crippen LogP contribution in [0.15, 0.2) is 30.7 Å².